The molecule has 0 amide bonds. The summed E-state index contributed by atoms with van der Waals surface area (Å²) in [5, 5.41) is 0. The average Bonchev–Trinajstić information content (AvgIpc) is 2.44. The third-order valence-electron chi connectivity index (χ3n) is 3.81. The normalized spacial score (nSPS) is 31.1. The zero-order valence-corrected chi connectivity index (χ0v) is 11.0. The molecule has 0 N–H and O–H groups in total. The van der Waals surface area contributed by atoms with Crippen LogP contribution in [0.25, 0.3) is 0 Å². The van der Waals surface area contributed by atoms with E-state index < -0.39 is 9.84 Å². The van der Waals surface area contributed by atoms with Crippen LogP contribution in [-0.2, 0) is 14.6 Å². The lowest BCUT2D eigenvalue weighted by Gasteiger charge is -2.27. The molecule has 0 aromatic carbocycles. The van der Waals surface area contributed by atoms with Gasteiger partial charge in [0.25, 0.3) is 0 Å². The topological polar surface area (TPSA) is 54.5 Å². The van der Waals surface area contributed by atoms with Crippen LogP contribution in [0.5, 0.6) is 0 Å². The van der Waals surface area contributed by atoms with Crippen molar-refractivity contribution in [2.24, 2.45) is 5.92 Å². The van der Waals surface area contributed by atoms with Gasteiger partial charge in [0.15, 0.2) is 9.84 Å². The Hall–Kier alpha value is -0.420. The third kappa shape index (κ3) is 3.78. The van der Waals surface area contributed by atoms with Crippen LogP contribution >= 0.6 is 0 Å². The van der Waals surface area contributed by atoms with Gasteiger partial charge in [-0.3, -0.25) is 4.79 Å². The summed E-state index contributed by atoms with van der Waals surface area (Å²) >= 11 is 0. The van der Waals surface area contributed by atoms with Gasteiger partial charge in [0.2, 0.25) is 0 Å². The standard InChI is InChI=1S/C12H21NO3S/c14-12-5-2-1-4-11(12)10-13-6-3-8-17(15,16)9-7-13/h11H,1-10H2. The zero-order chi connectivity index (χ0) is 12.3. The van der Waals surface area contributed by atoms with Crippen LogP contribution in [0.15, 0.2) is 0 Å². The molecule has 1 saturated heterocycles. The average molecular weight is 259 g/mol. The second-order valence-electron chi connectivity index (χ2n) is 5.21. The van der Waals surface area contributed by atoms with Crippen LogP contribution < -0.4 is 0 Å². The molecule has 17 heavy (non-hydrogen) atoms. The predicted octanol–water partition coefficient (Wildman–Crippen LogP) is 0.866. The van der Waals surface area contributed by atoms with Crippen LogP contribution in [0.4, 0.5) is 0 Å². The first-order chi connectivity index (χ1) is 8.07. The molecule has 1 unspecified atom stereocenters. The number of nitrogens with zero attached hydrogens (tertiary/aromatic N) is 1. The Morgan fingerprint density at radius 3 is 2.71 bits per heavy atom. The van der Waals surface area contributed by atoms with Gasteiger partial charge in [0.1, 0.15) is 5.78 Å². The highest BCUT2D eigenvalue weighted by molar-refractivity contribution is 7.91. The van der Waals surface area contributed by atoms with Gasteiger partial charge in [-0.1, -0.05) is 6.42 Å². The SMILES string of the molecule is O=C1CCCCC1CN1CCCS(=O)(=O)CC1. The number of Topliss-reactive ketones (excluding diaryl/α,β-unsaturated/α-hetero) is 1. The number of sulfone groups is 1. The number of ketones is 1. The maximum atomic E-state index is 11.7. The third-order valence-corrected chi connectivity index (χ3v) is 5.52. The van der Waals surface area contributed by atoms with Crippen LogP contribution in [0.1, 0.15) is 32.1 Å². The number of hydrogen-bond acceptors (Lipinski definition) is 4. The Balaban J connectivity index is 1.88. The minimum atomic E-state index is -2.83. The molecule has 0 radical (unpaired) electrons. The Morgan fingerprint density at radius 2 is 1.94 bits per heavy atom. The Morgan fingerprint density at radius 1 is 1.12 bits per heavy atom. The van der Waals surface area contributed by atoms with Crippen molar-refractivity contribution < 1.29 is 13.2 Å². The Labute approximate surface area is 103 Å². The second kappa shape index (κ2) is 5.48. The van der Waals surface area contributed by atoms with Crippen LogP contribution in [0.3, 0.4) is 0 Å². The molecule has 1 aliphatic heterocycles. The van der Waals surface area contributed by atoms with Crippen LogP contribution in [0, 0.1) is 5.92 Å². The summed E-state index contributed by atoms with van der Waals surface area (Å²) < 4.78 is 23.0. The first kappa shape index (κ1) is 13.0. The molecule has 0 aromatic heterocycles. The summed E-state index contributed by atoms with van der Waals surface area (Å²) in [6.45, 7) is 2.20. The van der Waals surface area contributed by atoms with Gasteiger partial charge in [-0.05, 0) is 25.8 Å². The molecule has 2 rings (SSSR count). The van der Waals surface area contributed by atoms with E-state index in [1.54, 1.807) is 0 Å². The maximum Gasteiger partial charge on any atom is 0.151 e. The lowest BCUT2D eigenvalue weighted by atomic mass is 9.87. The van der Waals surface area contributed by atoms with E-state index in [1.165, 1.54) is 0 Å². The van der Waals surface area contributed by atoms with E-state index in [-0.39, 0.29) is 11.7 Å². The molecule has 0 bridgehead atoms. The fourth-order valence-electron chi connectivity index (χ4n) is 2.73. The van der Waals surface area contributed by atoms with Crippen molar-refractivity contribution >= 4 is 15.6 Å². The van der Waals surface area contributed by atoms with Crippen molar-refractivity contribution in [2.75, 3.05) is 31.1 Å². The van der Waals surface area contributed by atoms with Gasteiger partial charge >= 0.3 is 0 Å². The van der Waals surface area contributed by atoms with E-state index in [4.69, 9.17) is 0 Å². The molecule has 1 aliphatic carbocycles. The van der Waals surface area contributed by atoms with Gasteiger partial charge in [-0.2, -0.15) is 0 Å². The molecule has 1 atom stereocenters. The Bertz CT molecular complexity index is 377. The molecule has 98 valence electrons. The zero-order valence-electron chi connectivity index (χ0n) is 10.2. The number of carbonyl (C=O) groups excluding carboxylic acids is 1. The molecule has 2 aliphatic rings. The first-order valence-corrected chi connectivity index (χ1v) is 8.34. The van der Waals surface area contributed by atoms with E-state index >= 15 is 0 Å². The van der Waals surface area contributed by atoms with Crippen molar-refractivity contribution in [3.63, 3.8) is 0 Å². The summed E-state index contributed by atoms with van der Waals surface area (Å²) in [7, 11) is -2.83. The van der Waals surface area contributed by atoms with E-state index in [0.717, 1.165) is 38.8 Å². The van der Waals surface area contributed by atoms with E-state index in [1.807, 2.05) is 0 Å². The highest BCUT2D eigenvalue weighted by atomic mass is 32.2. The quantitative estimate of drug-likeness (QED) is 0.738. The molecule has 4 nitrogen and oxygen atoms in total. The summed E-state index contributed by atoms with van der Waals surface area (Å²) in [5.41, 5.74) is 0. The van der Waals surface area contributed by atoms with Crippen LogP contribution in [-0.4, -0.2) is 50.2 Å². The molecule has 2 fully saturated rings. The molecular formula is C12H21NO3S. The second-order valence-corrected chi connectivity index (χ2v) is 7.52. The van der Waals surface area contributed by atoms with Gasteiger partial charge in [0.05, 0.1) is 11.5 Å². The highest BCUT2D eigenvalue weighted by Gasteiger charge is 2.26. The minimum absolute atomic E-state index is 0.157. The maximum absolute atomic E-state index is 11.7. The largest absolute Gasteiger partial charge is 0.302 e. The molecule has 1 saturated carbocycles. The van der Waals surface area contributed by atoms with Gasteiger partial charge in [-0.25, -0.2) is 8.42 Å². The lowest BCUT2D eigenvalue weighted by Crippen LogP contribution is -2.36. The van der Waals surface area contributed by atoms with Gasteiger partial charge in [0, 0.05) is 25.4 Å². The van der Waals surface area contributed by atoms with Crippen molar-refractivity contribution in [2.45, 2.75) is 32.1 Å². The first-order valence-electron chi connectivity index (χ1n) is 6.52. The fraction of sp³-hybridized carbons (Fsp3) is 0.917. The molecular weight excluding hydrogens is 238 g/mol. The molecule has 1 heterocycles. The van der Waals surface area contributed by atoms with Crippen molar-refractivity contribution in [3.05, 3.63) is 0 Å². The van der Waals surface area contributed by atoms with Gasteiger partial charge in [-0.15, -0.1) is 0 Å². The van der Waals surface area contributed by atoms with E-state index in [2.05, 4.69) is 4.90 Å². The lowest BCUT2D eigenvalue weighted by molar-refractivity contribution is -0.125. The molecule has 0 aromatic rings. The number of carbonyl (C=O) groups is 1. The van der Waals surface area contributed by atoms with Crippen molar-refractivity contribution in [3.8, 4) is 0 Å². The summed E-state index contributed by atoms with van der Waals surface area (Å²) in [4.78, 5) is 13.9. The van der Waals surface area contributed by atoms with Crippen molar-refractivity contribution in [1.82, 2.24) is 4.90 Å². The van der Waals surface area contributed by atoms with Crippen molar-refractivity contribution in [1.29, 1.82) is 0 Å². The smallest absolute Gasteiger partial charge is 0.151 e. The predicted molar refractivity (Wildman–Crippen MR) is 66.7 cm³/mol. The summed E-state index contributed by atoms with van der Waals surface area (Å²) in [6, 6.07) is 0. The van der Waals surface area contributed by atoms with Gasteiger partial charge < -0.3 is 4.90 Å². The number of rotatable bonds is 2. The monoisotopic (exact) mass is 259 g/mol. The fourth-order valence-corrected chi connectivity index (χ4v) is 4.04. The van der Waals surface area contributed by atoms with E-state index in [9.17, 15) is 13.2 Å². The molecule has 0 spiro atoms. The Kier molecular flexibility index (Phi) is 4.20. The summed E-state index contributed by atoms with van der Waals surface area (Å²) in [5.74, 6) is 1.10. The highest BCUT2D eigenvalue weighted by Crippen LogP contribution is 2.22. The number of hydrogen-bond donors (Lipinski definition) is 0. The molecule has 5 heteroatoms. The van der Waals surface area contributed by atoms with E-state index in [0.29, 0.717) is 24.5 Å². The minimum Gasteiger partial charge on any atom is -0.302 e. The summed E-state index contributed by atoms with van der Waals surface area (Å²) in [6.07, 6.45) is 4.59. The van der Waals surface area contributed by atoms with Crippen LogP contribution in [0.2, 0.25) is 0 Å².